The van der Waals surface area contributed by atoms with E-state index in [-0.39, 0.29) is 22.7 Å². The van der Waals surface area contributed by atoms with Crippen molar-refractivity contribution in [3.05, 3.63) is 70.0 Å². The van der Waals surface area contributed by atoms with E-state index in [2.05, 4.69) is 5.32 Å². The molecule has 2 rings (SSSR count). The Bertz CT molecular complexity index is 709. The van der Waals surface area contributed by atoms with Crippen LogP contribution in [0.5, 0.6) is 0 Å². The van der Waals surface area contributed by atoms with Gasteiger partial charge in [-0.25, -0.2) is 13.2 Å². The average Bonchev–Trinajstić information content (AvgIpc) is 2.50. The molecule has 3 nitrogen and oxygen atoms in total. The van der Waals surface area contributed by atoms with Gasteiger partial charge in [0.25, 0.3) is 5.91 Å². The summed E-state index contributed by atoms with van der Waals surface area (Å²) in [6.45, 7) is -0.223. The first-order valence-electron chi connectivity index (χ1n) is 6.24. The number of carbonyl (C=O) groups is 1. The minimum absolute atomic E-state index is 0.0817. The van der Waals surface area contributed by atoms with Gasteiger partial charge >= 0.3 is 0 Å². The molecule has 0 spiro atoms. The maximum atomic E-state index is 13.3. The SMILES string of the molecule is O=C(NCC(O)c1ccc(Cl)c(F)c1)c1ccc(F)c(F)c1. The summed E-state index contributed by atoms with van der Waals surface area (Å²) in [4.78, 5) is 11.8. The Balaban J connectivity index is 2.00. The van der Waals surface area contributed by atoms with Gasteiger partial charge in [-0.3, -0.25) is 4.79 Å². The van der Waals surface area contributed by atoms with Gasteiger partial charge in [0.2, 0.25) is 0 Å². The number of amides is 1. The zero-order valence-corrected chi connectivity index (χ0v) is 11.9. The molecule has 0 aromatic heterocycles. The number of nitrogens with one attached hydrogen (secondary N) is 1. The topological polar surface area (TPSA) is 49.3 Å². The summed E-state index contributed by atoms with van der Waals surface area (Å²) < 4.78 is 39.1. The average molecular weight is 330 g/mol. The molecule has 0 bridgehead atoms. The number of aliphatic hydroxyl groups is 1. The molecule has 2 aromatic rings. The Kier molecular flexibility index (Phi) is 5.05. The normalized spacial score (nSPS) is 12.0. The molecule has 2 N–H and O–H groups in total. The first-order valence-corrected chi connectivity index (χ1v) is 6.62. The second-order valence-electron chi connectivity index (χ2n) is 4.53. The number of aliphatic hydroxyl groups excluding tert-OH is 1. The monoisotopic (exact) mass is 329 g/mol. The highest BCUT2D eigenvalue weighted by atomic mass is 35.5. The smallest absolute Gasteiger partial charge is 0.251 e. The molecule has 0 heterocycles. The third-order valence-electron chi connectivity index (χ3n) is 2.97. The Labute approximate surface area is 129 Å². The predicted octanol–water partition coefficient (Wildman–Crippen LogP) is 3.22. The van der Waals surface area contributed by atoms with E-state index in [4.69, 9.17) is 11.6 Å². The Morgan fingerprint density at radius 2 is 1.82 bits per heavy atom. The van der Waals surface area contributed by atoms with Crippen molar-refractivity contribution in [3.63, 3.8) is 0 Å². The summed E-state index contributed by atoms with van der Waals surface area (Å²) in [5, 5.41) is 12.1. The minimum Gasteiger partial charge on any atom is -0.387 e. The first kappa shape index (κ1) is 16.3. The lowest BCUT2D eigenvalue weighted by atomic mass is 10.1. The molecule has 0 aliphatic heterocycles. The van der Waals surface area contributed by atoms with E-state index < -0.39 is 29.5 Å². The van der Waals surface area contributed by atoms with Crippen LogP contribution in [-0.2, 0) is 0 Å². The summed E-state index contributed by atoms with van der Waals surface area (Å²) in [5.74, 6) is -3.58. The van der Waals surface area contributed by atoms with Crippen molar-refractivity contribution in [3.8, 4) is 0 Å². The van der Waals surface area contributed by atoms with Crippen LogP contribution in [-0.4, -0.2) is 17.6 Å². The number of carbonyl (C=O) groups excluding carboxylic acids is 1. The highest BCUT2D eigenvalue weighted by Crippen LogP contribution is 2.20. The molecule has 7 heteroatoms. The molecule has 0 fully saturated rings. The Hall–Kier alpha value is -2.05. The summed E-state index contributed by atoms with van der Waals surface area (Å²) in [6, 6.07) is 6.44. The van der Waals surface area contributed by atoms with Crippen molar-refractivity contribution in [2.45, 2.75) is 6.10 Å². The molecule has 1 atom stereocenters. The van der Waals surface area contributed by atoms with Crippen LogP contribution >= 0.6 is 11.6 Å². The molecule has 0 aliphatic carbocycles. The second kappa shape index (κ2) is 6.81. The summed E-state index contributed by atoms with van der Waals surface area (Å²) in [7, 11) is 0. The number of halogens is 4. The van der Waals surface area contributed by atoms with Gasteiger partial charge in [-0.1, -0.05) is 17.7 Å². The van der Waals surface area contributed by atoms with E-state index in [1.165, 1.54) is 12.1 Å². The number of benzene rings is 2. The van der Waals surface area contributed by atoms with Crippen LogP contribution < -0.4 is 5.32 Å². The molecule has 116 valence electrons. The van der Waals surface area contributed by atoms with Crippen molar-refractivity contribution in [1.82, 2.24) is 5.32 Å². The van der Waals surface area contributed by atoms with Crippen molar-refractivity contribution in [2.24, 2.45) is 0 Å². The lowest BCUT2D eigenvalue weighted by Crippen LogP contribution is -2.28. The van der Waals surface area contributed by atoms with Gasteiger partial charge in [-0.15, -0.1) is 0 Å². The first-order chi connectivity index (χ1) is 10.4. The fraction of sp³-hybridized carbons (Fsp3) is 0.133. The molecule has 1 unspecified atom stereocenters. The van der Waals surface area contributed by atoms with Crippen LogP contribution in [0.4, 0.5) is 13.2 Å². The summed E-state index contributed by atoms with van der Waals surface area (Å²) in [5.41, 5.74) is 0.140. The van der Waals surface area contributed by atoms with Gasteiger partial charge in [0.05, 0.1) is 11.1 Å². The van der Waals surface area contributed by atoms with Gasteiger partial charge in [0.1, 0.15) is 5.82 Å². The van der Waals surface area contributed by atoms with E-state index in [0.29, 0.717) is 0 Å². The molecular weight excluding hydrogens is 319 g/mol. The standard InChI is InChI=1S/C15H11ClF3NO2/c16-10-3-1-8(5-12(10)18)14(21)7-20-15(22)9-2-4-11(17)13(19)6-9/h1-6,14,21H,7H2,(H,20,22). The fourth-order valence-corrected chi connectivity index (χ4v) is 1.88. The molecule has 2 aromatic carbocycles. The second-order valence-corrected chi connectivity index (χ2v) is 4.94. The van der Waals surface area contributed by atoms with Gasteiger partial charge in [0.15, 0.2) is 11.6 Å². The maximum absolute atomic E-state index is 13.3. The van der Waals surface area contributed by atoms with E-state index in [1.807, 2.05) is 0 Å². The molecule has 0 saturated heterocycles. The van der Waals surface area contributed by atoms with E-state index in [1.54, 1.807) is 0 Å². The summed E-state index contributed by atoms with van der Waals surface area (Å²) in [6.07, 6.45) is -1.17. The zero-order valence-electron chi connectivity index (χ0n) is 11.1. The predicted molar refractivity (Wildman–Crippen MR) is 75.1 cm³/mol. The lowest BCUT2D eigenvalue weighted by Gasteiger charge is -2.13. The van der Waals surface area contributed by atoms with Gasteiger partial charge < -0.3 is 10.4 Å². The number of hydrogen-bond donors (Lipinski definition) is 2. The largest absolute Gasteiger partial charge is 0.387 e. The van der Waals surface area contributed by atoms with Gasteiger partial charge in [0, 0.05) is 12.1 Å². The van der Waals surface area contributed by atoms with Crippen molar-refractivity contribution < 1.29 is 23.1 Å². The minimum atomic E-state index is -1.17. The van der Waals surface area contributed by atoms with Crippen LogP contribution in [0.15, 0.2) is 36.4 Å². The molecule has 0 radical (unpaired) electrons. The fourth-order valence-electron chi connectivity index (χ4n) is 1.77. The quantitative estimate of drug-likeness (QED) is 0.905. The highest BCUT2D eigenvalue weighted by Gasteiger charge is 2.14. The van der Waals surface area contributed by atoms with Crippen LogP contribution in [0.2, 0.25) is 5.02 Å². The zero-order chi connectivity index (χ0) is 16.3. The molecule has 22 heavy (non-hydrogen) atoms. The van der Waals surface area contributed by atoms with Crippen LogP contribution in [0, 0.1) is 17.5 Å². The van der Waals surface area contributed by atoms with Crippen molar-refractivity contribution >= 4 is 17.5 Å². The van der Waals surface area contributed by atoms with E-state index in [9.17, 15) is 23.1 Å². The van der Waals surface area contributed by atoms with Crippen LogP contribution in [0.25, 0.3) is 0 Å². The molecule has 0 saturated carbocycles. The lowest BCUT2D eigenvalue weighted by molar-refractivity contribution is 0.0915. The van der Waals surface area contributed by atoms with Crippen molar-refractivity contribution in [1.29, 1.82) is 0 Å². The van der Waals surface area contributed by atoms with Crippen LogP contribution in [0.3, 0.4) is 0 Å². The van der Waals surface area contributed by atoms with Crippen LogP contribution in [0.1, 0.15) is 22.0 Å². The summed E-state index contributed by atoms with van der Waals surface area (Å²) >= 11 is 5.53. The number of rotatable bonds is 4. The van der Waals surface area contributed by atoms with Gasteiger partial charge in [-0.2, -0.15) is 0 Å². The third-order valence-corrected chi connectivity index (χ3v) is 3.27. The van der Waals surface area contributed by atoms with Gasteiger partial charge in [-0.05, 0) is 35.9 Å². The van der Waals surface area contributed by atoms with E-state index in [0.717, 1.165) is 24.3 Å². The molecular formula is C15H11ClF3NO2. The Morgan fingerprint density at radius 1 is 1.09 bits per heavy atom. The van der Waals surface area contributed by atoms with E-state index >= 15 is 0 Å². The number of hydrogen-bond acceptors (Lipinski definition) is 2. The molecule has 1 amide bonds. The highest BCUT2D eigenvalue weighted by molar-refractivity contribution is 6.30. The van der Waals surface area contributed by atoms with Crippen molar-refractivity contribution in [2.75, 3.05) is 6.54 Å². The third kappa shape index (κ3) is 3.78. The Morgan fingerprint density at radius 3 is 2.45 bits per heavy atom. The maximum Gasteiger partial charge on any atom is 0.251 e. The molecule has 0 aliphatic rings.